The third-order valence-electron chi connectivity index (χ3n) is 3.96. The van der Waals surface area contributed by atoms with Crippen LogP contribution in [0.1, 0.15) is 44.7 Å². The smallest absolute Gasteiger partial charge is 0.0723 e. The summed E-state index contributed by atoms with van der Waals surface area (Å²) in [6.07, 6.45) is 4.14. The number of rotatable bonds is 8. The van der Waals surface area contributed by atoms with E-state index in [0.717, 1.165) is 25.6 Å². The predicted molar refractivity (Wildman–Crippen MR) is 80.3 cm³/mol. The van der Waals surface area contributed by atoms with E-state index in [1.807, 2.05) is 0 Å². The number of nitrogens with one attached hydrogen (secondary N) is 1. The Labute approximate surface area is 117 Å². The molecule has 1 aromatic carbocycles. The second-order valence-corrected chi connectivity index (χ2v) is 6.01. The third-order valence-corrected chi connectivity index (χ3v) is 3.96. The molecular weight excluding hydrogens is 234 g/mol. The van der Waals surface area contributed by atoms with Gasteiger partial charge in [0, 0.05) is 6.04 Å². The quantitative estimate of drug-likeness (QED) is 0.773. The van der Waals surface area contributed by atoms with Gasteiger partial charge in [-0.2, -0.15) is 0 Å². The van der Waals surface area contributed by atoms with Crippen LogP contribution in [0.3, 0.4) is 0 Å². The summed E-state index contributed by atoms with van der Waals surface area (Å²) in [7, 11) is 0. The van der Waals surface area contributed by atoms with Crippen LogP contribution in [-0.4, -0.2) is 18.7 Å². The summed E-state index contributed by atoms with van der Waals surface area (Å²) < 4.78 is 5.95. The Bertz CT molecular complexity index is 385. The van der Waals surface area contributed by atoms with Gasteiger partial charge in [-0.1, -0.05) is 38.1 Å². The zero-order valence-corrected chi connectivity index (χ0v) is 12.5. The average molecular weight is 261 g/mol. The Morgan fingerprint density at radius 2 is 1.84 bits per heavy atom. The third kappa shape index (κ3) is 4.96. The Kier molecular flexibility index (Phi) is 5.41. The molecule has 0 aliphatic heterocycles. The summed E-state index contributed by atoms with van der Waals surface area (Å²) in [5.74, 6) is 0.573. The summed E-state index contributed by atoms with van der Waals surface area (Å²) in [4.78, 5) is 0. The van der Waals surface area contributed by atoms with Crippen LogP contribution in [-0.2, 0) is 17.8 Å². The predicted octanol–water partition coefficient (Wildman–Crippen LogP) is 3.54. The van der Waals surface area contributed by atoms with Gasteiger partial charge in [0.2, 0.25) is 0 Å². The minimum Gasteiger partial charge on any atom is -0.374 e. The van der Waals surface area contributed by atoms with E-state index in [1.165, 1.54) is 24.0 Å². The highest BCUT2D eigenvalue weighted by molar-refractivity contribution is 5.26. The second kappa shape index (κ2) is 7.06. The minimum absolute atomic E-state index is 0.317. The second-order valence-electron chi connectivity index (χ2n) is 6.01. The highest BCUT2D eigenvalue weighted by Crippen LogP contribution is 2.19. The molecule has 1 aliphatic rings. The van der Waals surface area contributed by atoms with Crippen molar-refractivity contribution in [3.05, 3.63) is 35.4 Å². The average Bonchev–Trinajstić information content (AvgIpc) is 3.21. The highest BCUT2D eigenvalue weighted by Gasteiger charge is 2.19. The molecule has 1 unspecified atom stereocenters. The van der Waals surface area contributed by atoms with Crippen molar-refractivity contribution in [1.82, 2.24) is 5.32 Å². The molecule has 0 heterocycles. The normalized spacial score (nSPS) is 16.8. The fourth-order valence-corrected chi connectivity index (χ4v) is 2.05. The van der Waals surface area contributed by atoms with Gasteiger partial charge in [-0.15, -0.1) is 0 Å². The summed E-state index contributed by atoms with van der Waals surface area (Å²) >= 11 is 0. The highest BCUT2D eigenvalue weighted by atomic mass is 16.5. The SMILES string of the molecule is CC(C)C(C)OCc1ccccc1CCNC1CC1. The van der Waals surface area contributed by atoms with E-state index in [0.29, 0.717) is 12.0 Å². The van der Waals surface area contributed by atoms with Crippen molar-refractivity contribution < 1.29 is 4.74 Å². The van der Waals surface area contributed by atoms with E-state index in [4.69, 9.17) is 4.74 Å². The zero-order chi connectivity index (χ0) is 13.7. The molecule has 0 bridgehead atoms. The first-order chi connectivity index (χ1) is 9.16. The standard InChI is InChI=1S/C17H27NO/c1-13(2)14(3)19-12-16-7-5-4-6-15(16)10-11-18-17-8-9-17/h4-7,13-14,17-18H,8-12H2,1-3H3. The molecule has 1 saturated carbocycles. The zero-order valence-electron chi connectivity index (χ0n) is 12.5. The first-order valence-electron chi connectivity index (χ1n) is 7.58. The summed E-state index contributed by atoms with van der Waals surface area (Å²) in [5.41, 5.74) is 2.76. The first kappa shape index (κ1) is 14.5. The lowest BCUT2D eigenvalue weighted by Crippen LogP contribution is -2.20. The lowest BCUT2D eigenvalue weighted by Gasteiger charge is -2.18. The topological polar surface area (TPSA) is 21.3 Å². The summed E-state index contributed by atoms with van der Waals surface area (Å²) in [5, 5.41) is 3.57. The van der Waals surface area contributed by atoms with E-state index in [-0.39, 0.29) is 0 Å². The lowest BCUT2D eigenvalue weighted by atomic mass is 10.0. The van der Waals surface area contributed by atoms with Crippen molar-refractivity contribution in [2.75, 3.05) is 6.54 Å². The van der Waals surface area contributed by atoms with E-state index in [9.17, 15) is 0 Å². The molecule has 0 spiro atoms. The van der Waals surface area contributed by atoms with Crippen LogP contribution in [0.2, 0.25) is 0 Å². The fourth-order valence-electron chi connectivity index (χ4n) is 2.05. The minimum atomic E-state index is 0.317. The summed E-state index contributed by atoms with van der Waals surface area (Å²) in [6.45, 7) is 8.38. The summed E-state index contributed by atoms with van der Waals surface area (Å²) in [6, 6.07) is 9.45. The van der Waals surface area contributed by atoms with Gasteiger partial charge in [0.1, 0.15) is 0 Å². The van der Waals surface area contributed by atoms with Gasteiger partial charge in [0.15, 0.2) is 0 Å². The maximum atomic E-state index is 5.95. The van der Waals surface area contributed by atoms with Crippen LogP contribution < -0.4 is 5.32 Å². The number of benzene rings is 1. The van der Waals surface area contributed by atoms with Crippen molar-refractivity contribution in [3.63, 3.8) is 0 Å². The number of hydrogen-bond acceptors (Lipinski definition) is 2. The lowest BCUT2D eigenvalue weighted by molar-refractivity contribution is 0.0232. The van der Waals surface area contributed by atoms with Crippen LogP contribution in [0.4, 0.5) is 0 Å². The number of hydrogen-bond donors (Lipinski definition) is 1. The van der Waals surface area contributed by atoms with Crippen LogP contribution in [0.25, 0.3) is 0 Å². The Balaban J connectivity index is 1.83. The molecule has 2 rings (SSSR count). The van der Waals surface area contributed by atoms with Gasteiger partial charge < -0.3 is 10.1 Å². The van der Waals surface area contributed by atoms with Crippen molar-refractivity contribution in [3.8, 4) is 0 Å². The molecule has 2 nitrogen and oxygen atoms in total. The molecule has 0 radical (unpaired) electrons. The van der Waals surface area contributed by atoms with Gasteiger partial charge in [-0.3, -0.25) is 0 Å². The van der Waals surface area contributed by atoms with Crippen molar-refractivity contribution in [1.29, 1.82) is 0 Å². The van der Waals surface area contributed by atoms with E-state index in [1.54, 1.807) is 0 Å². The van der Waals surface area contributed by atoms with Crippen LogP contribution in [0, 0.1) is 5.92 Å². The number of ether oxygens (including phenoxy) is 1. The molecule has 19 heavy (non-hydrogen) atoms. The maximum absolute atomic E-state index is 5.95. The van der Waals surface area contributed by atoms with Gasteiger partial charge in [0.25, 0.3) is 0 Å². The van der Waals surface area contributed by atoms with Crippen LogP contribution >= 0.6 is 0 Å². The van der Waals surface area contributed by atoms with Crippen molar-refractivity contribution in [2.24, 2.45) is 5.92 Å². The molecule has 0 saturated heterocycles. The van der Waals surface area contributed by atoms with E-state index in [2.05, 4.69) is 50.4 Å². The van der Waals surface area contributed by atoms with Crippen molar-refractivity contribution in [2.45, 2.75) is 58.8 Å². The molecule has 106 valence electrons. The van der Waals surface area contributed by atoms with Crippen molar-refractivity contribution >= 4 is 0 Å². The molecular formula is C17H27NO. The molecule has 0 amide bonds. The molecule has 1 N–H and O–H groups in total. The van der Waals surface area contributed by atoms with Gasteiger partial charge in [0.05, 0.1) is 12.7 Å². The van der Waals surface area contributed by atoms with Gasteiger partial charge in [-0.05, 0) is 49.8 Å². The molecule has 1 aliphatic carbocycles. The van der Waals surface area contributed by atoms with Crippen LogP contribution in [0.5, 0.6) is 0 Å². The van der Waals surface area contributed by atoms with Gasteiger partial charge in [-0.25, -0.2) is 0 Å². The van der Waals surface area contributed by atoms with E-state index >= 15 is 0 Å². The van der Waals surface area contributed by atoms with Crippen LogP contribution in [0.15, 0.2) is 24.3 Å². The monoisotopic (exact) mass is 261 g/mol. The molecule has 2 heteroatoms. The fraction of sp³-hybridized carbons (Fsp3) is 0.647. The maximum Gasteiger partial charge on any atom is 0.0723 e. The largest absolute Gasteiger partial charge is 0.374 e. The molecule has 1 aromatic rings. The Morgan fingerprint density at radius 3 is 2.47 bits per heavy atom. The Hall–Kier alpha value is -0.860. The molecule has 1 atom stereocenters. The molecule has 1 fully saturated rings. The van der Waals surface area contributed by atoms with Gasteiger partial charge >= 0.3 is 0 Å². The first-order valence-corrected chi connectivity index (χ1v) is 7.58. The van der Waals surface area contributed by atoms with E-state index < -0.39 is 0 Å². The molecule has 0 aromatic heterocycles. The Morgan fingerprint density at radius 1 is 1.16 bits per heavy atom.